The zero-order valence-corrected chi connectivity index (χ0v) is 27.3. The summed E-state index contributed by atoms with van der Waals surface area (Å²) in [6.45, 7) is 5.47. The first kappa shape index (κ1) is 33.2. The van der Waals surface area contributed by atoms with E-state index in [1.54, 1.807) is 19.3 Å². The van der Waals surface area contributed by atoms with E-state index in [0.717, 1.165) is 6.08 Å². The van der Waals surface area contributed by atoms with Gasteiger partial charge in [0.15, 0.2) is 0 Å². The zero-order chi connectivity index (χ0) is 31.6. The van der Waals surface area contributed by atoms with Crippen molar-refractivity contribution < 1.29 is 19.4 Å². The molecule has 1 aromatic carbocycles. The van der Waals surface area contributed by atoms with Crippen LogP contribution in [0.25, 0.3) is 0 Å². The van der Waals surface area contributed by atoms with Gasteiger partial charge in [0, 0.05) is 42.0 Å². The minimum absolute atomic E-state index is 0.0261. The van der Waals surface area contributed by atoms with Crippen molar-refractivity contribution in [3.8, 4) is 11.5 Å². The molecular formula is C32H41ClN6O4S. The van der Waals surface area contributed by atoms with Gasteiger partial charge in [0.25, 0.3) is 5.91 Å². The third-order valence-electron chi connectivity index (χ3n) is 7.87. The lowest BCUT2D eigenvalue weighted by atomic mass is 10.0. The lowest BCUT2D eigenvalue weighted by molar-refractivity contribution is -0.113. The lowest BCUT2D eigenvalue weighted by Crippen LogP contribution is -2.48. The van der Waals surface area contributed by atoms with E-state index >= 15 is 0 Å². The quantitative estimate of drug-likeness (QED) is 0.274. The molecule has 236 valence electrons. The molecule has 3 aliphatic rings. The number of ether oxygens (including phenoxy) is 1. The van der Waals surface area contributed by atoms with E-state index in [-0.39, 0.29) is 35.7 Å². The Hall–Kier alpha value is -3.70. The fourth-order valence-corrected chi connectivity index (χ4v) is 5.83. The Kier molecular flexibility index (Phi) is 12.0. The van der Waals surface area contributed by atoms with Crippen LogP contribution in [0.4, 0.5) is 22.2 Å². The fourth-order valence-electron chi connectivity index (χ4n) is 4.93. The van der Waals surface area contributed by atoms with Gasteiger partial charge in [-0.15, -0.1) is 11.3 Å². The van der Waals surface area contributed by atoms with Crippen LogP contribution < -0.4 is 19.4 Å². The topological polar surface area (TPSA) is 112 Å². The first-order chi connectivity index (χ1) is 21.3. The predicted molar refractivity (Wildman–Crippen MR) is 176 cm³/mol. The van der Waals surface area contributed by atoms with Crippen molar-refractivity contribution in [3.05, 3.63) is 57.7 Å². The number of hydrogen-bond donors (Lipinski definition) is 1. The number of aromatic nitrogens is 3. The first-order valence-corrected chi connectivity index (χ1v) is 16.3. The summed E-state index contributed by atoms with van der Waals surface area (Å²) in [5, 5.41) is 12.9. The zero-order valence-electron chi connectivity index (χ0n) is 25.7. The molecule has 3 amide bonds. The summed E-state index contributed by atoms with van der Waals surface area (Å²) in [4.78, 5) is 43.1. The second-order valence-electron chi connectivity index (χ2n) is 10.9. The molecular weight excluding hydrogens is 600 g/mol. The molecule has 1 N–H and O–H groups in total. The summed E-state index contributed by atoms with van der Waals surface area (Å²) in [5.41, 5.74) is 1.53. The summed E-state index contributed by atoms with van der Waals surface area (Å²) >= 11 is 7.84. The maximum absolute atomic E-state index is 13.8. The predicted octanol–water partition coefficient (Wildman–Crippen LogP) is 7.81. The molecule has 3 heterocycles. The number of likely N-dealkylation sites (N-methyl/N-ethyl adjacent to an activating group) is 1. The van der Waals surface area contributed by atoms with Crippen LogP contribution in [0.5, 0.6) is 11.5 Å². The van der Waals surface area contributed by atoms with Crippen molar-refractivity contribution >= 4 is 52.3 Å². The molecule has 12 heteroatoms. The number of aromatic hydroxyl groups is 1. The highest BCUT2D eigenvalue weighted by Crippen LogP contribution is 2.44. The van der Waals surface area contributed by atoms with Crippen LogP contribution in [0, 0.1) is 6.92 Å². The summed E-state index contributed by atoms with van der Waals surface area (Å²) in [6, 6.07) is 0.973. The van der Waals surface area contributed by atoms with Crippen LogP contribution in [-0.2, 0) is 17.9 Å². The molecule has 0 bridgehead atoms. The molecule has 0 saturated heterocycles. The van der Waals surface area contributed by atoms with Crippen molar-refractivity contribution in [2.75, 3.05) is 28.9 Å². The number of phenols is 1. The molecule has 6 rings (SSSR count). The number of nitrogens with zero attached hydrogens (tertiary/aromatic N) is 6. The van der Waals surface area contributed by atoms with Crippen LogP contribution in [0.2, 0.25) is 5.02 Å². The highest BCUT2D eigenvalue weighted by atomic mass is 35.5. The van der Waals surface area contributed by atoms with Gasteiger partial charge >= 0.3 is 6.03 Å². The normalized spacial score (nSPS) is 15.5. The number of anilines is 3. The Balaban J connectivity index is 0.000000372. The molecule has 44 heavy (non-hydrogen) atoms. The summed E-state index contributed by atoms with van der Waals surface area (Å²) in [7, 11) is 2.99. The fraction of sp³-hybridized carbons (Fsp3) is 0.469. The molecule has 0 unspecified atom stereocenters. The largest absolute Gasteiger partial charge is 0.506 e. The number of urea groups is 1. The molecule has 0 radical (unpaired) electrons. The maximum atomic E-state index is 13.8. The Morgan fingerprint density at radius 3 is 2.27 bits per heavy atom. The molecule has 10 nitrogen and oxygen atoms in total. The minimum atomic E-state index is -0.428. The van der Waals surface area contributed by atoms with E-state index in [9.17, 15) is 14.7 Å². The number of amides is 3. The van der Waals surface area contributed by atoms with E-state index in [1.807, 2.05) is 5.38 Å². The summed E-state index contributed by atoms with van der Waals surface area (Å²) in [5.74, 6) is 0.274. The maximum Gasteiger partial charge on any atom is 0.330 e. The van der Waals surface area contributed by atoms with E-state index in [4.69, 9.17) is 16.3 Å². The molecule has 3 aromatic rings. The number of methoxy groups -OCH3 is 1. The van der Waals surface area contributed by atoms with Gasteiger partial charge in [-0.05, 0) is 13.0 Å². The smallest absolute Gasteiger partial charge is 0.330 e. The Bertz CT molecular complexity index is 1430. The highest BCUT2D eigenvalue weighted by Gasteiger charge is 2.36. The SMILES string of the molecule is C1CCC1.C1CCCCC1.C=CC(=O)N(C)c1ncc2c(n1)N(Cc1nccs1)C(=O)N(c1c(C)c(OC)cc(O)c1Cl)C2. The van der Waals surface area contributed by atoms with E-state index in [2.05, 4.69) is 21.5 Å². The van der Waals surface area contributed by atoms with Crippen molar-refractivity contribution in [1.82, 2.24) is 15.0 Å². The molecule has 2 fully saturated rings. The molecule has 1 aliphatic heterocycles. The van der Waals surface area contributed by atoms with Crippen molar-refractivity contribution in [2.45, 2.75) is 84.2 Å². The average molecular weight is 641 g/mol. The Labute approximate surface area is 268 Å². The van der Waals surface area contributed by atoms with Crippen molar-refractivity contribution in [1.29, 1.82) is 0 Å². The highest BCUT2D eigenvalue weighted by molar-refractivity contribution is 7.09. The van der Waals surface area contributed by atoms with Gasteiger partial charge in [0.1, 0.15) is 27.3 Å². The number of phenolic OH excluding ortho intramolecular Hbond substituents is 1. The van der Waals surface area contributed by atoms with Crippen molar-refractivity contribution in [3.63, 3.8) is 0 Å². The second-order valence-corrected chi connectivity index (χ2v) is 12.3. The number of halogens is 1. The second kappa shape index (κ2) is 15.9. The Morgan fingerprint density at radius 1 is 1.14 bits per heavy atom. The third-order valence-corrected chi connectivity index (χ3v) is 9.01. The number of hydrogen-bond acceptors (Lipinski definition) is 8. The van der Waals surface area contributed by atoms with Gasteiger partial charge in [-0.1, -0.05) is 82.4 Å². The molecule has 2 aliphatic carbocycles. The average Bonchev–Trinajstić information content (AvgIpc) is 3.53. The number of rotatable bonds is 6. The molecule has 0 spiro atoms. The number of fused-ring (bicyclic) bond motifs is 1. The number of carbonyl (C=O) groups excluding carboxylic acids is 2. The number of thiazole rings is 1. The van der Waals surface area contributed by atoms with Gasteiger partial charge in [-0.25, -0.2) is 14.8 Å². The molecule has 2 saturated carbocycles. The first-order valence-electron chi connectivity index (χ1n) is 15.1. The van der Waals surface area contributed by atoms with E-state index < -0.39 is 6.03 Å². The summed E-state index contributed by atoms with van der Waals surface area (Å²) in [6.07, 6.45) is 19.4. The van der Waals surface area contributed by atoms with Crippen molar-refractivity contribution in [2.24, 2.45) is 0 Å². The van der Waals surface area contributed by atoms with Crippen LogP contribution in [0.1, 0.15) is 80.3 Å². The van der Waals surface area contributed by atoms with Crippen LogP contribution >= 0.6 is 22.9 Å². The van der Waals surface area contributed by atoms with E-state index in [1.165, 1.54) is 110 Å². The minimum Gasteiger partial charge on any atom is -0.506 e. The van der Waals surface area contributed by atoms with Gasteiger partial charge in [-0.2, -0.15) is 4.98 Å². The monoisotopic (exact) mass is 640 g/mol. The molecule has 2 aromatic heterocycles. The number of benzene rings is 1. The van der Waals surface area contributed by atoms with Gasteiger partial charge in [0.05, 0.1) is 25.9 Å². The van der Waals surface area contributed by atoms with Crippen LogP contribution in [0.15, 0.2) is 36.5 Å². The van der Waals surface area contributed by atoms with E-state index in [0.29, 0.717) is 33.4 Å². The third kappa shape index (κ3) is 7.87. The number of carbonyl (C=O) groups is 2. The summed E-state index contributed by atoms with van der Waals surface area (Å²) < 4.78 is 5.36. The van der Waals surface area contributed by atoms with Gasteiger partial charge < -0.3 is 9.84 Å². The standard InChI is InChI=1S/C22H21ClN6O4S.C6H12.C4H8/c1-5-17(31)27(3)21-25-9-13-10-28(19-12(2)15(33-4)8-14(30)18(19)23)22(32)29(20(13)26-21)11-16-24-6-7-34-16;1-2-4-6-5-3-1;1-2-4-3-1/h5-9,30H,1,10-11H2,2-4H3;1-6H2;1-4H2. The van der Waals surface area contributed by atoms with Crippen LogP contribution in [-0.4, -0.2) is 46.2 Å². The lowest BCUT2D eigenvalue weighted by Gasteiger charge is -2.37. The van der Waals surface area contributed by atoms with Gasteiger partial charge in [0.2, 0.25) is 5.95 Å². The molecule has 0 atom stereocenters. The van der Waals surface area contributed by atoms with Crippen LogP contribution in [0.3, 0.4) is 0 Å². The Morgan fingerprint density at radius 2 is 1.75 bits per heavy atom. The van der Waals surface area contributed by atoms with Gasteiger partial charge in [-0.3, -0.25) is 19.5 Å².